The Hall–Kier alpha value is -1.87. The molecule has 0 aliphatic rings. The van der Waals surface area contributed by atoms with Crippen LogP contribution < -0.4 is 0 Å². The summed E-state index contributed by atoms with van der Waals surface area (Å²) in [5.41, 5.74) is 2.06. The van der Waals surface area contributed by atoms with Gasteiger partial charge < -0.3 is 4.42 Å². The molecule has 1 heterocycles. The number of hydrogen-bond donors (Lipinski definition) is 0. The van der Waals surface area contributed by atoms with Gasteiger partial charge in [-0.3, -0.25) is 9.69 Å². The molecule has 0 spiro atoms. The van der Waals surface area contributed by atoms with Gasteiger partial charge in [-0.2, -0.15) is 0 Å². The highest BCUT2D eigenvalue weighted by molar-refractivity contribution is 5.97. The van der Waals surface area contributed by atoms with Gasteiger partial charge in [0.05, 0.1) is 13.1 Å². The third-order valence-electron chi connectivity index (χ3n) is 3.45. The number of benzene rings is 1. The molecule has 0 unspecified atom stereocenters. The van der Waals surface area contributed by atoms with Crippen LogP contribution in [0.5, 0.6) is 0 Å². The Morgan fingerprint density at radius 3 is 2.43 bits per heavy atom. The fraction of sp³-hybridized carbons (Fsp3) is 0.389. The van der Waals surface area contributed by atoms with Crippen molar-refractivity contribution in [3.8, 4) is 0 Å². The zero-order chi connectivity index (χ0) is 15.2. The highest BCUT2D eigenvalue weighted by Gasteiger charge is 2.11. The summed E-state index contributed by atoms with van der Waals surface area (Å²) in [6.45, 7) is 5.12. The van der Waals surface area contributed by atoms with Crippen LogP contribution in [0.25, 0.3) is 0 Å². The van der Waals surface area contributed by atoms with E-state index in [1.807, 2.05) is 55.3 Å². The van der Waals surface area contributed by atoms with Gasteiger partial charge in [0.2, 0.25) is 0 Å². The monoisotopic (exact) mass is 285 g/mol. The van der Waals surface area contributed by atoms with Crippen molar-refractivity contribution in [3.05, 3.63) is 59.0 Å². The number of hydrogen-bond acceptors (Lipinski definition) is 3. The topological polar surface area (TPSA) is 33.5 Å². The van der Waals surface area contributed by atoms with E-state index >= 15 is 0 Å². The van der Waals surface area contributed by atoms with Crippen LogP contribution in [0, 0.1) is 6.92 Å². The lowest BCUT2D eigenvalue weighted by atomic mass is 10.1. The first-order valence-electron chi connectivity index (χ1n) is 7.44. The number of nitrogens with zero attached hydrogens (tertiary/aromatic N) is 1. The van der Waals surface area contributed by atoms with Crippen LogP contribution in [-0.2, 0) is 13.0 Å². The fourth-order valence-corrected chi connectivity index (χ4v) is 2.37. The predicted octanol–water partition coefficient (Wildman–Crippen LogP) is 3.86. The fourth-order valence-electron chi connectivity index (χ4n) is 2.37. The average molecular weight is 285 g/mol. The van der Waals surface area contributed by atoms with Crippen LogP contribution in [0.1, 0.15) is 40.8 Å². The van der Waals surface area contributed by atoms with E-state index in [2.05, 4.69) is 6.92 Å². The molecule has 112 valence electrons. The van der Waals surface area contributed by atoms with Gasteiger partial charge in [0.25, 0.3) is 0 Å². The summed E-state index contributed by atoms with van der Waals surface area (Å²) < 4.78 is 5.53. The van der Waals surface area contributed by atoms with Crippen molar-refractivity contribution < 1.29 is 9.21 Å². The SMILES string of the molecule is CCCc1ccc(C(=O)CN(C)Cc2ccc(C)o2)cc1. The molecule has 0 radical (unpaired) electrons. The van der Waals surface area contributed by atoms with Crippen molar-refractivity contribution in [2.45, 2.75) is 33.2 Å². The van der Waals surface area contributed by atoms with Crippen molar-refractivity contribution in [3.63, 3.8) is 0 Å². The Bertz CT molecular complexity index is 584. The zero-order valence-corrected chi connectivity index (χ0v) is 13.1. The molecule has 2 rings (SSSR count). The number of ketones is 1. The maximum atomic E-state index is 12.2. The highest BCUT2D eigenvalue weighted by atomic mass is 16.3. The maximum absolute atomic E-state index is 12.2. The smallest absolute Gasteiger partial charge is 0.176 e. The lowest BCUT2D eigenvalue weighted by molar-refractivity contribution is 0.0939. The van der Waals surface area contributed by atoms with Gasteiger partial charge in [-0.15, -0.1) is 0 Å². The van der Waals surface area contributed by atoms with Gasteiger partial charge in [-0.05, 0) is 38.1 Å². The minimum Gasteiger partial charge on any atom is -0.465 e. The number of carbonyl (C=O) groups excluding carboxylic acids is 1. The summed E-state index contributed by atoms with van der Waals surface area (Å²) in [4.78, 5) is 14.2. The van der Waals surface area contributed by atoms with Gasteiger partial charge in [0.1, 0.15) is 11.5 Å². The van der Waals surface area contributed by atoms with Crippen molar-refractivity contribution in [2.75, 3.05) is 13.6 Å². The molecule has 0 fully saturated rings. The van der Waals surface area contributed by atoms with Gasteiger partial charge in [0, 0.05) is 5.56 Å². The molecular weight excluding hydrogens is 262 g/mol. The second kappa shape index (κ2) is 7.23. The molecule has 1 aromatic carbocycles. The number of aryl methyl sites for hydroxylation is 2. The van der Waals surface area contributed by atoms with Gasteiger partial charge in [-0.25, -0.2) is 0 Å². The molecule has 0 amide bonds. The summed E-state index contributed by atoms with van der Waals surface area (Å²) in [5, 5.41) is 0. The zero-order valence-electron chi connectivity index (χ0n) is 13.1. The molecule has 21 heavy (non-hydrogen) atoms. The molecule has 0 bridgehead atoms. The molecule has 3 heteroatoms. The Morgan fingerprint density at radius 1 is 1.14 bits per heavy atom. The van der Waals surface area contributed by atoms with E-state index in [1.54, 1.807) is 0 Å². The molecule has 0 aliphatic heterocycles. The third kappa shape index (κ3) is 4.57. The van der Waals surface area contributed by atoms with Crippen LogP contribution in [-0.4, -0.2) is 24.3 Å². The van der Waals surface area contributed by atoms with Gasteiger partial charge in [-0.1, -0.05) is 37.6 Å². The molecule has 3 nitrogen and oxygen atoms in total. The molecule has 1 aromatic heterocycles. The van der Waals surface area contributed by atoms with E-state index in [0.717, 1.165) is 29.9 Å². The minimum absolute atomic E-state index is 0.142. The number of carbonyl (C=O) groups is 1. The van der Waals surface area contributed by atoms with Crippen LogP contribution in [0.4, 0.5) is 0 Å². The third-order valence-corrected chi connectivity index (χ3v) is 3.45. The number of rotatable bonds is 7. The Morgan fingerprint density at radius 2 is 1.86 bits per heavy atom. The Balaban J connectivity index is 1.90. The summed E-state index contributed by atoms with van der Waals surface area (Å²) in [6.07, 6.45) is 2.19. The summed E-state index contributed by atoms with van der Waals surface area (Å²) >= 11 is 0. The van der Waals surface area contributed by atoms with Crippen molar-refractivity contribution in [2.24, 2.45) is 0 Å². The molecule has 0 atom stereocenters. The second-order valence-corrected chi connectivity index (χ2v) is 5.55. The number of Topliss-reactive ketones (excluding diaryl/α,β-unsaturated/α-hetero) is 1. The van der Waals surface area contributed by atoms with E-state index in [1.165, 1.54) is 5.56 Å². The first-order valence-corrected chi connectivity index (χ1v) is 7.44. The molecule has 2 aromatic rings. The van der Waals surface area contributed by atoms with Crippen molar-refractivity contribution in [1.82, 2.24) is 4.90 Å². The molecule has 0 N–H and O–H groups in total. The minimum atomic E-state index is 0.142. The van der Waals surface area contributed by atoms with Crippen LogP contribution in [0.3, 0.4) is 0 Å². The van der Waals surface area contributed by atoms with Gasteiger partial charge >= 0.3 is 0 Å². The molecular formula is C18H23NO2. The molecule has 0 saturated heterocycles. The normalized spacial score (nSPS) is 11.0. The highest BCUT2D eigenvalue weighted by Crippen LogP contribution is 2.11. The van der Waals surface area contributed by atoms with Gasteiger partial charge in [0.15, 0.2) is 5.78 Å². The van der Waals surface area contributed by atoms with Crippen LogP contribution in [0.15, 0.2) is 40.8 Å². The Labute approximate surface area is 126 Å². The summed E-state index contributed by atoms with van der Waals surface area (Å²) in [5.74, 6) is 1.93. The van der Waals surface area contributed by atoms with E-state index in [4.69, 9.17) is 4.42 Å². The lowest BCUT2D eigenvalue weighted by Gasteiger charge is -2.14. The average Bonchev–Trinajstić information content (AvgIpc) is 2.85. The van der Waals surface area contributed by atoms with E-state index in [0.29, 0.717) is 13.1 Å². The first-order chi connectivity index (χ1) is 10.1. The lowest BCUT2D eigenvalue weighted by Crippen LogP contribution is -2.25. The Kier molecular flexibility index (Phi) is 5.34. The van der Waals surface area contributed by atoms with Crippen LogP contribution in [0.2, 0.25) is 0 Å². The number of likely N-dealkylation sites (N-methyl/N-ethyl adjacent to an activating group) is 1. The van der Waals surface area contributed by atoms with Crippen molar-refractivity contribution >= 4 is 5.78 Å². The van der Waals surface area contributed by atoms with Crippen molar-refractivity contribution in [1.29, 1.82) is 0 Å². The predicted molar refractivity (Wildman–Crippen MR) is 84.5 cm³/mol. The second-order valence-electron chi connectivity index (χ2n) is 5.55. The maximum Gasteiger partial charge on any atom is 0.176 e. The number of furan rings is 1. The first kappa shape index (κ1) is 15.5. The standard InChI is InChI=1S/C18H23NO2/c1-4-5-15-7-9-16(10-8-15)18(20)13-19(3)12-17-11-6-14(2)21-17/h6-11H,4-5,12-13H2,1-3H3. The van der Waals surface area contributed by atoms with Crippen LogP contribution >= 0.6 is 0 Å². The summed E-state index contributed by atoms with van der Waals surface area (Å²) in [6, 6.07) is 11.9. The molecule has 0 saturated carbocycles. The van der Waals surface area contributed by atoms with E-state index in [9.17, 15) is 4.79 Å². The molecule has 0 aliphatic carbocycles. The summed E-state index contributed by atoms with van der Waals surface area (Å²) in [7, 11) is 1.93. The van der Waals surface area contributed by atoms with E-state index in [-0.39, 0.29) is 5.78 Å². The largest absolute Gasteiger partial charge is 0.465 e. The quantitative estimate of drug-likeness (QED) is 0.724. The van der Waals surface area contributed by atoms with E-state index < -0.39 is 0 Å².